The first-order chi connectivity index (χ1) is 39.8. The van der Waals surface area contributed by atoms with Crippen molar-refractivity contribution in [2.24, 2.45) is 21.4 Å². The number of rotatable bonds is 39. The zero-order chi connectivity index (χ0) is 58.0. The van der Waals surface area contributed by atoms with Crippen molar-refractivity contribution in [2.45, 2.75) is 44.4 Å². The van der Waals surface area contributed by atoms with E-state index in [1.807, 2.05) is 0 Å². The van der Waals surface area contributed by atoms with E-state index in [1.165, 1.54) is 6.21 Å². The topological polar surface area (TPSA) is 312 Å². The third kappa shape index (κ3) is 21.4. The predicted molar refractivity (Wildman–Crippen MR) is 288 cm³/mol. The third-order valence-corrected chi connectivity index (χ3v) is 13.3. The molecule has 3 aliphatic heterocycles. The summed E-state index contributed by atoms with van der Waals surface area (Å²) in [6.07, 6.45) is 8.21. The number of hydrazone groups is 1. The Morgan fingerprint density at radius 1 is 0.793 bits per heavy atom. The van der Waals surface area contributed by atoms with E-state index in [0.717, 1.165) is 44.4 Å². The summed E-state index contributed by atoms with van der Waals surface area (Å²) in [5.74, 6) is 1.72. The average molecular weight is 1200 g/mol. The van der Waals surface area contributed by atoms with E-state index in [1.54, 1.807) is 23.3 Å². The minimum Gasteiger partial charge on any atom is -0.488 e. The summed E-state index contributed by atoms with van der Waals surface area (Å²) in [5.41, 5.74) is 1.03. The molecular weight excluding hydrogens is 1130 g/mol. The van der Waals surface area contributed by atoms with Gasteiger partial charge < -0.3 is 82.3 Å². The van der Waals surface area contributed by atoms with Gasteiger partial charge >= 0.3 is 13.6 Å². The normalized spacial score (nSPS) is 17.4. The second-order valence-corrected chi connectivity index (χ2v) is 20.9. The van der Waals surface area contributed by atoms with Crippen LogP contribution in [0.25, 0.3) is 11.0 Å². The number of aliphatic imine (C=N–C) groups is 1. The van der Waals surface area contributed by atoms with Crippen molar-refractivity contribution >= 4 is 59.9 Å². The number of piperidine rings is 1. The molecule has 0 radical (unpaired) electrons. The highest BCUT2D eigenvalue weighted by Gasteiger charge is 2.47. The van der Waals surface area contributed by atoms with Crippen molar-refractivity contribution < 1.29 is 89.2 Å². The van der Waals surface area contributed by atoms with Crippen LogP contribution in [0.2, 0.25) is 5.28 Å². The molecule has 3 fully saturated rings. The first kappa shape index (κ1) is 64.3. The molecule has 3 aliphatic rings. The molecule has 27 nitrogen and oxygen atoms in total. The highest BCUT2D eigenvalue weighted by molar-refractivity contribution is 7.51. The van der Waals surface area contributed by atoms with E-state index in [9.17, 15) is 22.5 Å². The van der Waals surface area contributed by atoms with Crippen LogP contribution < -0.4 is 25.1 Å². The molecular formula is C50H70ClF3N11O16P. The molecule has 3 aromatic heterocycles. The SMILES string of the molecule is N/N=C(\C=NCCOCCOCCOCCOCCC(=O)Oc1c(F)cc(F)cc1F)COCCOCCOCCOCCOc1cnc(N2CCCC3(C2)CN(c2nc(Cl)nc4c2cnn4C2CCC(COCP(=O)(O)O)O2)C3)nc1. The molecule has 1 spiro atoms. The van der Waals surface area contributed by atoms with E-state index >= 15 is 0 Å². The number of benzene rings is 1. The number of anilines is 2. The number of hydrogen-bond donors (Lipinski definition) is 3. The Morgan fingerprint density at radius 3 is 2.02 bits per heavy atom. The maximum absolute atomic E-state index is 13.6. The lowest BCUT2D eigenvalue weighted by atomic mass is 9.73. The van der Waals surface area contributed by atoms with Gasteiger partial charge in [-0.15, -0.1) is 0 Å². The summed E-state index contributed by atoms with van der Waals surface area (Å²) in [6.45, 7) is 8.76. The van der Waals surface area contributed by atoms with Crippen LogP contribution >= 0.6 is 19.2 Å². The largest absolute Gasteiger partial charge is 0.488 e. The van der Waals surface area contributed by atoms with Crippen molar-refractivity contribution in [2.75, 3.05) is 168 Å². The van der Waals surface area contributed by atoms with Crippen LogP contribution in [-0.4, -0.2) is 221 Å². The molecule has 0 aliphatic carbocycles. The van der Waals surface area contributed by atoms with Crippen molar-refractivity contribution in [3.05, 3.63) is 53.5 Å². The molecule has 0 bridgehead atoms. The minimum absolute atomic E-state index is 0.0171. The molecule has 1 aromatic carbocycles. The Bertz CT molecular complexity index is 2680. The van der Waals surface area contributed by atoms with Gasteiger partial charge in [-0.2, -0.15) is 20.2 Å². The number of carbonyl (C=O) groups excluding carboxylic acids is 1. The lowest BCUT2D eigenvalue weighted by Gasteiger charge is -2.55. The number of carbonyl (C=O) groups is 1. The Morgan fingerprint density at radius 2 is 1.39 bits per heavy atom. The van der Waals surface area contributed by atoms with Gasteiger partial charge in [0.05, 0.1) is 155 Å². The van der Waals surface area contributed by atoms with Gasteiger partial charge in [0, 0.05) is 49.9 Å². The fraction of sp³-hybridized carbons (Fsp3) is 0.640. The van der Waals surface area contributed by atoms with E-state index in [4.69, 9.17) is 79.3 Å². The van der Waals surface area contributed by atoms with Crippen molar-refractivity contribution in [1.82, 2.24) is 29.7 Å². The van der Waals surface area contributed by atoms with Gasteiger partial charge in [0.2, 0.25) is 17.0 Å². The van der Waals surface area contributed by atoms with E-state index in [2.05, 4.69) is 49.7 Å². The Balaban J connectivity index is 0.629. The average Bonchev–Trinajstić information content (AvgIpc) is 2.13. The van der Waals surface area contributed by atoms with Gasteiger partial charge in [0.15, 0.2) is 29.3 Å². The molecule has 2 unspecified atom stereocenters. The molecule has 82 heavy (non-hydrogen) atoms. The van der Waals surface area contributed by atoms with Gasteiger partial charge in [0.1, 0.15) is 30.3 Å². The monoisotopic (exact) mass is 1200 g/mol. The van der Waals surface area contributed by atoms with Crippen molar-refractivity contribution in [3.63, 3.8) is 0 Å². The Hall–Kier alpha value is -5.31. The van der Waals surface area contributed by atoms with Gasteiger partial charge in [0.25, 0.3) is 0 Å². The molecule has 2 atom stereocenters. The second kappa shape index (κ2) is 33.8. The lowest BCUT2D eigenvalue weighted by molar-refractivity contribution is -0.136. The fourth-order valence-electron chi connectivity index (χ4n) is 8.88. The first-order valence-electron chi connectivity index (χ1n) is 26.6. The quantitative estimate of drug-likeness (QED) is 0.00841. The standard InChI is InChI=1S/C50H70ClF3N11O16P/c51-48-60-46(40-29-59-65(47(40)61-48)43-3-2-38(80-43)31-78-35-82(67,68)69)64-33-50(34-64)5-1-7-63(32-50)49-57-27-39(28-58-49)79-23-22-76-19-18-74-16-17-75-20-21-77-30-37(62-55)26-56-6-9-71-11-13-73-15-14-72-12-10-70-8-4-44(66)81-45-41(53)24-36(52)25-42(45)54/h24-29,38,43H,1-23,30-35,55H2,(H2,67,68,69)/b56-26?,62-37+. The fourth-order valence-corrected chi connectivity index (χ4v) is 9.39. The molecule has 3 saturated heterocycles. The molecule has 32 heteroatoms. The van der Waals surface area contributed by atoms with Crippen LogP contribution in [0.4, 0.5) is 24.9 Å². The summed E-state index contributed by atoms with van der Waals surface area (Å²) in [4.78, 5) is 56.9. The molecule has 6 heterocycles. The van der Waals surface area contributed by atoms with Crippen LogP contribution in [0.1, 0.15) is 38.3 Å². The molecule has 7 rings (SSSR count). The number of fused-ring (bicyclic) bond motifs is 1. The molecule has 4 aromatic rings. The van der Waals surface area contributed by atoms with Crippen molar-refractivity contribution in [3.8, 4) is 11.5 Å². The van der Waals surface area contributed by atoms with Gasteiger partial charge in [-0.25, -0.2) is 27.8 Å². The van der Waals surface area contributed by atoms with E-state index in [-0.39, 0.29) is 56.3 Å². The number of nitrogens with two attached hydrogens (primary N) is 1. The molecule has 0 saturated carbocycles. The van der Waals surface area contributed by atoms with E-state index in [0.29, 0.717) is 146 Å². The van der Waals surface area contributed by atoms with Gasteiger partial charge in [-0.05, 0) is 37.3 Å². The van der Waals surface area contributed by atoms with Crippen molar-refractivity contribution in [1.29, 1.82) is 0 Å². The summed E-state index contributed by atoms with van der Waals surface area (Å²) >= 11 is 6.46. The molecule has 0 amide bonds. The van der Waals surface area contributed by atoms with E-state index < -0.39 is 49.3 Å². The zero-order valence-corrected chi connectivity index (χ0v) is 46.9. The number of nitrogens with zero attached hydrogens (tertiary/aromatic N) is 10. The van der Waals surface area contributed by atoms with Gasteiger partial charge in [-0.1, -0.05) is 0 Å². The van der Waals surface area contributed by atoms with Gasteiger partial charge in [-0.3, -0.25) is 14.4 Å². The van der Waals surface area contributed by atoms with Crippen LogP contribution in [0, 0.1) is 22.9 Å². The maximum Gasteiger partial charge on any atom is 0.350 e. The second-order valence-electron chi connectivity index (χ2n) is 19.0. The smallest absolute Gasteiger partial charge is 0.350 e. The van der Waals surface area contributed by atoms with Crippen LogP contribution in [-0.2, 0) is 56.7 Å². The summed E-state index contributed by atoms with van der Waals surface area (Å²) < 4.78 is 119. The zero-order valence-electron chi connectivity index (χ0n) is 45.2. The Kier molecular flexibility index (Phi) is 26.5. The Labute approximate surface area is 475 Å². The summed E-state index contributed by atoms with van der Waals surface area (Å²) in [6, 6.07) is 0.835. The maximum atomic E-state index is 13.6. The third-order valence-electron chi connectivity index (χ3n) is 12.6. The number of hydrogen-bond acceptors (Lipinski definition) is 24. The predicted octanol–water partition coefficient (Wildman–Crippen LogP) is 3.52. The highest BCUT2D eigenvalue weighted by atomic mass is 35.5. The highest BCUT2D eigenvalue weighted by Crippen LogP contribution is 2.44. The summed E-state index contributed by atoms with van der Waals surface area (Å²) in [5, 5.41) is 9.13. The molecule has 4 N–H and O–H groups in total. The number of ether oxygens (including phenoxy) is 12. The first-order valence-corrected chi connectivity index (χ1v) is 28.8. The molecule has 454 valence electrons. The lowest BCUT2D eigenvalue weighted by Crippen LogP contribution is -2.63. The van der Waals surface area contributed by atoms with Crippen LogP contribution in [0.5, 0.6) is 11.5 Å². The van der Waals surface area contributed by atoms with Crippen LogP contribution in [0.3, 0.4) is 0 Å². The number of esters is 1. The van der Waals surface area contributed by atoms with Crippen LogP contribution in [0.15, 0.2) is 40.8 Å². The summed E-state index contributed by atoms with van der Waals surface area (Å²) in [7, 11) is -4.27. The number of aromatic nitrogens is 6. The number of halogens is 4. The minimum atomic E-state index is -4.27.